The molecule has 0 bridgehead atoms. The normalized spacial score (nSPS) is 12.9. The summed E-state index contributed by atoms with van der Waals surface area (Å²) in [5, 5.41) is 8.86. The molecular weight excluding hydrogens is 496 g/mol. The average Bonchev–Trinajstić information content (AvgIpc) is 3.44. The van der Waals surface area contributed by atoms with Gasteiger partial charge in [-0.3, -0.25) is 4.79 Å². The molecule has 0 aliphatic carbocycles. The third-order valence-electron chi connectivity index (χ3n) is 5.18. The number of carboxylic acids is 1. The van der Waals surface area contributed by atoms with E-state index in [0.29, 0.717) is 4.88 Å². The number of thiophene rings is 1. The first-order valence-corrected chi connectivity index (χ1v) is 12.0. The van der Waals surface area contributed by atoms with Crippen molar-refractivity contribution in [3.8, 4) is 10.4 Å². The number of hydrogen-bond acceptors (Lipinski definition) is 4. The molecule has 2 aromatic heterocycles. The SMILES string of the molecule is Cc1ccc(-c2ccc(S(=O)(=O)N[C@H](Cc3c[nH]c4c(F)c(F)c(F)c(F)c34)C(=O)O)s2)cc1. The Hall–Kier alpha value is -3.22. The highest BCUT2D eigenvalue weighted by Crippen LogP contribution is 2.32. The van der Waals surface area contributed by atoms with Crippen LogP contribution in [0.2, 0.25) is 0 Å². The lowest BCUT2D eigenvalue weighted by Crippen LogP contribution is -2.42. The van der Waals surface area contributed by atoms with Gasteiger partial charge in [0.25, 0.3) is 10.0 Å². The fourth-order valence-electron chi connectivity index (χ4n) is 3.44. The van der Waals surface area contributed by atoms with Gasteiger partial charge in [-0.2, -0.15) is 4.72 Å². The van der Waals surface area contributed by atoms with Crippen molar-refractivity contribution in [1.29, 1.82) is 0 Å². The molecule has 3 N–H and O–H groups in total. The third-order valence-corrected chi connectivity index (χ3v) is 8.28. The van der Waals surface area contributed by atoms with Gasteiger partial charge in [0.1, 0.15) is 10.3 Å². The minimum atomic E-state index is -4.31. The number of rotatable bonds is 7. The van der Waals surface area contributed by atoms with Gasteiger partial charge < -0.3 is 10.1 Å². The standard InChI is InChI=1S/C22H16F4N2O4S2/c1-10-2-4-11(5-3-10)14-6-7-15(33-14)34(31,32)28-13(22(29)30)8-12-9-27-21-16(12)17(23)18(24)19(25)20(21)26/h2-7,9,13,27-28H,8H2,1H3,(H,29,30)/t13-/m1/s1. The molecule has 6 nitrogen and oxygen atoms in total. The van der Waals surface area contributed by atoms with Crippen LogP contribution in [0.5, 0.6) is 0 Å². The number of aliphatic carboxylic acids is 1. The molecule has 0 aliphatic rings. The number of aryl methyl sites for hydroxylation is 1. The van der Waals surface area contributed by atoms with Crippen LogP contribution in [-0.4, -0.2) is 30.5 Å². The lowest BCUT2D eigenvalue weighted by Gasteiger charge is -2.14. The van der Waals surface area contributed by atoms with Gasteiger partial charge in [-0.15, -0.1) is 11.3 Å². The lowest BCUT2D eigenvalue weighted by molar-refractivity contribution is -0.138. The van der Waals surface area contributed by atoms with Gasteiger partial charge in [0, 0.05) is 22.9 Å². The quantitative estimate of drug-likeness (QED) is 0.189. The molecule has 0 saturated heterocycles. The Bertz CT molecular complexity index is 1510. The largest absolute Gasteiger partial charge is 0.480 e. The van der Waals surface area contributed by atoms with Gasteiger partial charge in [0.2, 0.25) is 0 Å². The van der Waals surface area contributed by atoms with Crippen LogP contribution in [0.25, 0.3) is 21.3 Å². The zero-order chi connectivity index (χ0) is 24.8. The van der Waals surface area contributed by atoms with Crippen LogP contribution in [0.1, 0.15) is 11.1 Å². The summed E-state index contributed by atoms with van der Waals surface area (Å²) < 4.78 is 83.0. The summed E-state index contributed by atoms with van der Waals surface area (Å²) >= 11 is 0.921. The van der Waals surface area contributed by atoms with E-state index in [1.54, 1.807) is 6.07 Å². The smallest absolute Gasteiger partial charge is 0.322 e. The summed E-state index contributed by atoms with van der Waals surface area (Å²) in [6.07, 6.45) is 0.312. The molecule has 0 fully saturated rings. The van der Waals surface area contributed by atoms with Gasteiger partial charge in [-0.05, 0) is 30.2 Å². The second kappa shape index (κ2) is 8.85. The Labute approximate surface area is 194 Å². The predicted molar refractivity (Wildman–Crippen MR) is 118 cm³/mol. The van der Waals surface area contributed by atoms with Crippen LogP contribution in [0.3, 0.4) is 0 Å². The van der Waals surface area contributed by atoms with E-state index in [1.165, 1.54) is 6.07 Å². The second-order valence-corrected chi connectivity index (χ2v) is 10.5. The van der Waals surface area contributed by atoms with E-state index in [-0.39, 0.29) is 9.77 Å². The minimum absolute atomic E-state index is 0.154. The van der Waals surface area contributed by atoms with Gasteiger partial charge in [0.05, 0.1) is 5.52 Å². The van der Waals surface area contributed by atoms with E-state index in [1.807, 2.05) is 35.9 Å². The first kappa shape index (κ1) is 23.9. The molecule has 1 atom stereocenters. The molecule has 2 aromatic carbocycles. The Balaban J connectivity index is 1.63. The monoisotopic (exact) mass is 512 g/mol. The molecule has 0 aliphatic heterocycles. The molecule has 4 aromatic rings. The molecule has 0 amide bonds. The molecule has 2 heterocycles. The number of aromatic nitrogens is 1. The Morgan fingerprint density at radius 3 is 2.32 bits per heavy atom. The van der Waals surface area contributed by atoms with Crippen molar-refractivity contribution in [3.05, 3.63) is 77.0 Å². The highest BCUT2D eigenvalue weighted by atomic mass is 32.2. The Morgan fingerprint density at radius 2 is 1.68 bits per heavy atom. The lowest BCUT2D eigenvalue weighted by atomic mass is 10.0. The van der Waals surface area contributed by atoms with Crippen LogP contribution in [-0.2, 0) is 21.2 Å². The van der Waals surface area contributed by atoms with Crippen molar-refractivity contribution in [3.63, 3.8) is 0 Å². The van der Waals surface area contributed by atoms with Gasteiger partial charge in [0.15, 0.2) is 23.3 Å². The van der Waals surface area contributed by atoms with E-state index < -0.39 is 62.6 Å². The Morgan fingerprint density at radius 1 is 1.03 bits per heavy atom. The number of halogens is 4. The van der Waals surface area contributed by atoms with Gasteiger partial charge in [-0.25, -0.2) is 26.0 Å². The zero-order valence-electron chi connectivity index (χ0n) is 17.3. The molecule has 34 heavy (non-hydrogen) atoms. The molecule has 4 rings (SSSR count). The van der Waals surface area contributed by atoms with Crippen molar-refractivity contribution in [2.45, 2.75) is 23.6 Å². The summed E-state index contributed by atoms with van der Waals surface area (Å²) in [4.78, 5) is 14.6. The molecule has 0 saturated carbocycles. The van der Waals surface area contributed by atoms with Crippen molar-refractivity contribution >= 4 is 38.2 Å². The maximum atomic E-state index is 14.3. The molecule has 0 radical (unpaired) electrons. The van der Waals surface area contributed by atoms with Gasteiger partial charge in [-0.1, -0.05) is 29.8 Å². The number of aromatic amines is 1. The summed E-state index contributed by atoms with van der Waals surface area (Å²) in [5.41, 5.74) is 0.860. The minimum Gasteiger partial charge on any atom is -0.480 e. The van der Waals surface area contributed by atoms with Crippen LogP contribution in [0.4, 0.5) is 17.6 Å². The van der Waals surface area contributed by atoms with Crippen LogP contribution in [0, 0.1) is 30.2 Å². The molecule has 0 unspecified atom stereocenters. The van der Waals surface area contributed by atoms with E-state index in [0.717, 1.165) is 28.7 Å². The third kappa shape index (κ3) is 4.31. The van der Waals surface area contributed by atoms with Crippen LogP contribution < -0.4 is 4.72 Å². The average molecular weight is 513 g/mol. The zero-order valence-corrected chi connectivity index (χ0v) is 19.0. The second-order valence-electron chi connectivity index (χ2n) is 7.52. The summed E-state index contributed by atoms with van der Waals surface area (Å²) in [7, 11) is -4.31. The van der Waals surface area contributed by atoms with Crippen LogP contribution in [0.15, 0.2) is 46.8 Å². The molecule has 178 valence electrons. The maximum absolute atomic E-state index is 14.3. The van der Waals surface area contributed by atoms with Gasteiger partial charge >= 0.3 is 5.97 Å². The number of sulfonamides is 1. The number of carbonyl (C=O) groups is 1. The summed E-state index contributed by atoms with van der Waals surface area (Å²) in [6.45, 7) is 1.91. The maximum Gasteiger partial charge on any atom is 0.322 e. The van der Waals surface area contributed by atoms with E-state index in [2.05, 4.69) is 4.98 Å². The summed E-state index contributed by atoms with van der Waals surface area (Å²) in [6, 6.07) is 8.45. The topological polar surface area (TPSA) is 99.3 Å². The molecule has 12 heteroatoms. The highest BCUT2D eigenvalue weighted by molar-refractivity contribution is 7.91. The van der Waals surface area contributed by atoms with Crippen molar-refractivity contribution in [1.82, 2.24) is 9.71 Å². The number of carboxylic acid groups (broad SMARTS) is 1. The number of nitrogens with one attached hydrogen (secondary N) is 2. The first-order valence-electron chi connectivity index (χ1n) is 9.73. The fraction of sp³-hybridized carbons (Fsp3) is 0.136. The Kier molecular flexibility index (Phi) is 6.23. The van der Waals surface area contributed by atoms with E-state index in [9.17, 15) is 35.9 Å². The highest BCUT2D eigenvalue weighted by Gasteiger charge is 2.30. The number of H-pyrrole nitrogens is 1. The molecule has 0 spiro atoms. The summed E-state index contributed by atoms with van der Waals surface area (Å²) in [5.74, 6) is -9.05. The van der Waals surface area contributed by atoms with E-state index in [4.69, 9.17) is 0 Å². The van der Waals surface area contributed by atoms with E-state index >= 15 is 0 Å². The number of fused-ring (bicyclic) bond motifs is 1. The van der Waals surface area contributed by atoms with Crippen molar-refractivity contribution in [2.75, 3.05) is 0 Å². The number of benzene rings is 2. The molecular formula is C22H16F4N2O4S2. The fourth-order valence-corrected chi connectivity index (χ4v) is 5.96. The first-order chi connectivity index (χ1) is 16.0. The predicted octanol–water partition coefficient (Wildman–Crippen LogP) is 4.74. The van der Waals surface area contributed by atoms with Crippen molar-refractivity contribution in [2.24, 2.45) is 0 Å². The number of hydrogen-bond donors (Lipinski definition) is 3. The van der Waals surface area contributed by atoms with Crippen molar-refractivity contribution < 1.29 is 35.9 Å². The van der Waals surface area contributed by atoms with Crippen LogP contribution >= 0.6 is 11.3 Å².